The first kappa shape index (κ1) is 31.3. The van der Waals surface area contributed by atoms with E-state index in [4.69, 9.17) is 0 Å². The second kappa shape index (κ2) is 17.7. The molecular weight excluding hydrogens is 521 g/mol. The third-order valence-electron chi connectivity index (χ3n) is 5.31. The van der Waals surface area contributed by atoms with E-state index in [2.05, 4.69) is 73.9 Å². The number of carbonyl (C=O) groups is 1. The van der Waals surface area contributed by atoms with E-state index in [1.807, 2.05) is 32.3 Å². The highest BCUT2D eigenvalue weighted by molar-refractivity contribution is 9.10. The van der Waals surface area contributed by atoms with Gasteiger partial charge in [-0.2, -0.15) is 5.10 Å². The number of Topliss-reactive ketones (excluding diaryl/α,β-unsaturated/α-hetero) is 1. The Bertz CT molecular complexity index is 1000. The first-order valence-corrected chi connectivity index (χ1v) is 13.7. The monoisotopic (exact) mass is 561 g/mol. The zero-order valence-corrected chi connectivity index (χ0v) is 23.9. The minimum Gasteiger partial charge on any atom is -0.371 e. The molecule has 0 spiro atoms. The smallest absolute Gasteiger partial charge is 0.181 e. The van der Waals surface area contributed by atoms with Gasteiger partial charge in [-0.05, 0) is 47.3 Å². The highest BCUT2D eigenvalue weighted by atomic mass is 79.9. The van der Waals surface area contributed by atoms with Gasteiger partial charge in [0.1, 0.15) is 11.5 Å². The fourth-order valence-electron chi connectivity index (χ4n) is 3.43. The molecule has 0 saturated heterocycles. The van der Waals surface area contributed by atoms with Gasteiger partial charge in [0.05, 0.1) is 4.47 Å². The molecule has 198 valence electrons. The van der Waals surface area contributed by atoms with Gasteiger partial charge in [0.25, 0.3) is 0 Å². The maximum atomic E-state index is 13.7. The number of aromatic nitrogens is 3. The van der Waals surface area contributed by atoms with Gasteiger partial charge >= 0.3 is 0 Å². The molecule has 0 radical (unpaired) electrons. The first-order valence-electron chi connectivity index (χ1n) is 12.9. The highest BCUT2D eigenvalue weighted by Crippen LogP contribution is 2.29. The molecule has 0 amide bonds. The van der Waals surface area contributed by atoms with Crippen molar-refractivity contribution in [1.82, 2.24) is 15.2 Å². The van der Waals surface area contributed by atoms with Crippen LogP contribution in [0.15, 0.2) is 64.8 Å². The van der Waals surface area contributed by atoms with Crippen LogP contribution >= 0.6 is 15.9 Å². The van der Waals surface area contributed by atoms with E-state index in [9.17, 15) is 9.18 Å². The maximum Gasteiger partial charge on any atom is 0.181 e. The number of nitrogens with one attached hydrogen (secondary N) is 2. The molecule has 0 unspecified atom stereocenters. The van der Waals surface area contributed by atoms with Gasteiger partial charge in [-0.1, -0.05) is 59.8 Å². The van der Waals surface area contributed by atoms with Crippen LogP contribution in [0.5, 0.6) is 0 Å². The van der Waals surface area contributed by atoms with Crippen LogP contribution in [0.2, 0.25) is 0 Å². The van der Waals surface area contributed by atoms with E-state index in [1.54, 1.807) is 13.0 Å². The summed E-state index contributed by atoms with van der Waals surface area (Å²) in [6.45, 7) is 16.4. The summed E-state index contributed by atoms with van der Waals surface area (Å²) in [6, 6.07) is 4.18. The second-order valence-corrected chi connectivity index (χ2v) is 8.74. The van der Waals surface area contributed by atoms with Crippen molar-refractivity contribution < 1.29 is 9.18 Å². The van der Waals surface area contributed by atoms with Gasteiger partial charge in [0.2, 0.25) is 0 Å². The predicted octanol–water partition coefficient (Wildman–Crippen LogP) is 8.39. The van der Waals surface area contributed by atoms with E-state index in [0.29, 0.717) is 46.5 Å². The van der Waals surface area contributed by atoms with Crippen molar-refractivity contribution in [2.75, 3.05) is 23.3 Å². The van der Waals surface area contributed by atoms with Crippen LogP contribution < -0.4 is 10.2 Å². The van der Waals surface area contributed by atoms with Gasteiger partial charge in [0.15, 0.2) is 11.6 Å². The fraction of sp³-hybridized carbons (Fsp3) is 0.464. The Balaban J connectivity index is 0.000000356. The lowest BCUT2D eigenvalue weighted by Gasteiger charge is -2.23. The number of halogens is 2. The van der Waals surface area contributed by atoms with Crippen LogP contribution in [-0.4, -0.2) is 34.1 Å². The summed E-state index contributed by atoms with van der Waals surface area (Å²) in [5, 5.41) is 9.60. The Morgan fingerprint density at radius 1 is 1.19 bits per heavy atom. The summed E-state index contributed by atoms with van der Waals surface area (Å²) in [4.78, 5) is 18.1. The molecule has 2 N–H and O–H groups in total. The number of pyridine rings is 1. The second-order valence-electron chi connectivity index (χ2n) is 7.95. The first-order chi connectivity index (χ1) is 17.4. The quantitative estimate of drug-likeness (QED) is 0.269. The minimum atomic E-state index is -0.193. The number of nitrogens with zero attached hydrogens (tertiary/aromatic N) is 3. The standard InChI is InChI=1S/C14H15BrFN3O.C12H20N2.C2H6/c1-3-11(20)13-12(15)14(19-18-13)17-8(2)9-6-4-5-7-10(9)16;1-3-5-11-14(10-4-2)12-6-8-13-9-7-12;1-2/h4,6H,2-3,5,7H2,1H3,(H2,17,18,19);6-9H,3-5,10-11H2,1-2H3;1-2H3. The van der Waals surface area contributed by atoms with E-state index >= 15 is 0 Å². The van der Waals surface area contributed by atoms with Crippen LogP contribution in [0.1, 0.15) is 83.6 Å². The van der Waals surface area contributed by atoms with E-state index in [0.717, 1.165) is 13.1 Å². The summed E-state index contributed by atoms with van der Waals surface area (Å²) in [5.74, 6) is 0.179. The number of H-pyrrole nitrogens is 1. The predicted molar refractivity (Wildman–Crippen MR) is 153 cm³/mol. The normalized spacial score (nSPS) is 12.2. The Kier molecular flexibility index (Phi) is 15.3. The molecule has 2 aromatic rings. The number of allylic oxidation sites excluding steroid dienone is 3. The van der Waals surface area contributed by atoms with Crippen LogP contribution in [-0.2, 0) is 0 Å². The molecule has 0 bridgehead atoms. The minimum absolute atomic E-state index is 0.0500. The molecule has 36 heavy (non-hydrogen) atoms. The number of hydrogen-bond donors (Lipinski definition) is 2. The maximum absolute atomic E-state index is 13.7. The molecule has 8 heteroatoms. The zero-order chi connectivity index (χ0) is 26.9. The molecule has 0 atom stereocenters. The van der Waals surface area contributed by atoms with Gasteiger partial charge in [0, 0.05) is 55.3 Å². The van der Waals surface area contributed by atoms with Crippen molar-refractivity contribution in [2.45, 2.75) is 73.1 Å². The van der Waals surface area contributed by atoms with Crippen LogP contribution in [0.25, 0.3) is 0 Å². The summed E-state index contributed by atoms with van der Waals surface area (Å²) in [7, 11) is 0. The molecule has 6 nitrogen and oxygen atoms in total. The molecule has 0 saturated carbocycles. The fourth-order valence-corrected chi connectivity index (χ4v) is 3.92. The Labute approximate surface area is 224 Å². The van der Waals surface area contributed by atoms with Crippen LogP contribution in [0.3, 0.4) is 0 Å². The molecule has 0 fully saturated rings. The largest absolute Gasteiger partial charge is 0.371 e. The third kappa shape index (κ3) is 9.72. The van der Waals surface area contributed by atoms with Crippen LogP contribution in [0.4, 0.5) is 15.9 Å². The summed E-state index contributed by atoms with van der Waals surface area (Å²) >= 11 is 3.31. The summed E-state index contributed by atoms with van der Waals surface area (Å²) in [6.07, 6.45) is 12.5. The molecule has 1 aliphatic rings. The lowest BCUT2D eigenvalue weighted by Crippen LogP contribution is -2.25. The average Bonchev–Trinajstić information content (AvgIpc) is 3.28. The number of rotatable bonds is 11. The summed E-state index contributed by atoms with van der Waals surface area (Å²) < 4.78 is 14.3. The Morgan fingerprint density at radius 3 is 2.47 bits per heavy atom. The van der Waals surface area contributed by atoms with Crippen molar-refractivity contribution in [3.8, 4) is 0 Å². The average molecular weight is 563 g/mol. The van der Waals surface area contributed by atoms with E-state index in [-0.39, 0.29) is 11.6 Å². The molecule has 2 heterocycles. The van der Waals surface area contributed by atoms with Crippen molar-refractivity contribution in [2.24, 2.45) is 0 Å². The van der Waals surface area contributed by atoms with Gasteiger partial charge in [-0.15, -0.1) is 0 Å². The number of carbonyl (C=O) groups excluding carboxylic acids is 1. The molecular formula is C28H41BrFN5O. The lowest BCUT2D eigenvalue weighted by atomic mass is 10.0. The molecule has 3 rings (SSSR count). The van der Waals surface area contributed by atoms with E-state index < -0.39 is 0 Å². The zero-order valence-electron chi connectivity index (χ0n) is 22.3. The number of unbranched alkanes of at least 4 members (excludes halogenated alkanes) is 1. The van der Waals surface area contributed by atoms with Crippen molar-refractivity contribution in [1.29, 1.82) is 0 Å². The van der Waals surface area contributed by atoms with Gasteiger partial charge in [-0.3, -0.25) is 14.9 Å². The van der Waals surface area contributed by atoms with Crippen molar-refractivity contribution >= 4 is 33.2 Å². The molecule has 2 aromatic heterocycles. The number of aromatic amines is 1. The number of hydrogen-bond acceptors (Lipinski definition) is 5. The molecule has 0 aliphatic heterocycles. The number of ketones is 1. The van der Waals surface area contributed by atoms with E-state index in [1.165, 1.54) is 24.9 Å². The molecule has 0 aromatic carbocycles. The highest BCUT2D eigenvalue weighted by Gasteiger charge is 2.18. The van der Waals surface area contributed by atoms with Gasteiger partial charge in [-0.25, -0.2) is 4.39 Å². The topological polar surface area (TPSA) is 73.9 Å². The molecule has 1 aliphatic carbocycles. The van der Waals surface area contributed by atoms with Crippen molar-refractivity contribution in [3.05, 3.63) is 70.5 Å². The Hall–Kier alpha value is -2.74. The SMILES string of the molecule is C=C(Nc1n[nH]c(C(=O)CC)c1Br)C1=C(F)CCC=C1.CC.CCCCN(CCC)c1ccncc1. The number of anilines is 2. The lowest BCUT2D eigenvalue weighted by molar-refractivity contribution is 0.0982. The van der Waals surface area contributed by atoms with Gasteiger partial charge < -0.3 is 10.2 Å². The Morgan fingerprint density at radius 2 is 1.89 bits per heavy atom. The van der Waals surface area contributed by atoms with Crippen molar-refractivity contribution in [3.63, 3.8) is 0 Å². The summed E-state index contributed by atoms with van der Waals surface area (Å²) in [5.41, 5.74) is 2.56. The third-order valence-corrected chi connectivity index (χ3v) is 6.08. The van der Waals surface area contributed by atoms with Crippen LogP contribution in [0, 0.1) is 0 Å².